The van der Waals surface area contributed by atoms with E-state index in [1.54, 1.807) is 6.07 Å². The van der Waals surface area contributed by atoms with E-state index in [0.717, 1.165) is 17.1 Å². The minimum Gasteiger partial charge on any atom is -0.440 e. The summed E-state index contributed by atoms with van der Waals surface area (Å²) < 4.78 is 130. The molecule has 0 saturated carbocycles. The van der Waals surface area contributed by atoms with Crippen LogP contribution in [0.3, 0.4) is 0 Å². The molecule has 0 spiro atoms. The van der Waals surface area contributed by atoms with Gasteiger partial charge in [0.25, 0.3) is 0 Å². The Kier molecular flexibility index (Phi) is 7.97. The summed E-state index contributed by atoms with van der Waals surface area (Å²) in [5.74, 6) is -4.52. The molecule has 230 valence electrons. The minimum atomic E-state index is -4.90. The van der Waals surface area contributed by atoms with Crippen LogP contribution in [0.25, 0.3) is 39.4 Å². The van der Waals surface area contributed by atoms with Crippen molar-refractivity contribution >= 4 is 21.4 Å². The largest absolute Gasteiger partial charge is 0.440 e. The first-order valence-electron chi connectivity index (χ1n) is 12.2. The number of benzene rings is 3. The quantitative estimate of drug-likeness (QED) is 0.164. The molecule has 3 aromatic carbocycles. The first-order valence-corrected chi connectivity index (χ1v) is 14.5. The van der Waals surface area contributed by atoms with Crippen LogP contribution in [0.4, 0.5) is 30.7 Å². The van der Waals surface area contributed by atoms with Crippen LogP contribution >= 0.6 is 11.6 Å². The summed E-state index contributed by atoms with van der Waals surface area (Å²) in [7, 11) is -3.61. The number of rotatable bonds is 7. The number of oxazole rings is 1. The number of hydrogen-bond donors (Lipinski definition) is 0. The maximum absolute atomic E-state index is 14.7. The fourth-order valence-corrected chi connectivity index (χ4v) is 5.28. The van der Waals surface area contributed by atoms with Crippen LogP contribution in [0.15, 0.2) is 70.1 Å². The van der Waals surface area contributed by atoms with Crippen molar-refractivity contribution in [1.82, 2.24) is 14.8 Å². The summed E-state index contributed by atoms with van der Waals surface area (Å²) in [6.07, 6.45) is -2.99. The lowest BCUT2D eigenvalue weighted by molar-refractivity contribution is -0.141. The van der Waals surface area contributed by atoms with Gasteiger partial charge in [-0.3, -0.25) is 0 Å². The maximum atomic E-state index is 14.7. The Bertz CT molecular complexity index is 1980. The number of aryl methyl sites for hydroxylation is 1. The van der Waals surface area contributed by atoms with Gasteiger partial charge in [0.1, 0.15) is 5.69 Å². The van der Waals surface area contributed by atoms with Crippen molar-refractivity contribution in [3.8, 4) is 45.1 Å². The van der Waals surface area contributed by atoms with Crippen molar-refractivity contribution in [2.45, 2.75) is 24.6 Å². The van der Waals surface area contributed by atoms with Crippen LogP contribution in [0.5, 0.6) is 5.75 Å². The van der Waals surface area contributed by atoms with E-state index < -0.39 is 50.7 Å². The third-order valence-electron chi connectivity index (χ3n) is 6.23. The summed E-state index contributed by atoms with van der Waals surface area (Å²) in [6, 6.07) is 11.4. The first kappa shape index (κ1) is 31.1. The number of ether oxygens (including phenoxy) is 1. The van der Waals surface area contributed by atoms with Gasteiger partial charge in [0.15, 0.2) is 44.6 Å². The van der Waals surface area contributed by atoms with E-state index in [9.17, 15) is 39.2 Å². The van der Waals surface area contributed by atoms with Gasteiger partial charge in [0, 0.05) is 24.3 Å². The molecule has 0 radical (unpaired) electrons. The number of sulfone groups is 1. The molecule has 0 aliphatic carbocycles. The molecule has 44 heavy (non-hydrogen) atoms. The lowest BCUT2D eigenvalue weighted by Gasteiger charge is -2.13. The molecule has 0 aliphatic heterocycles. The molecule has 0 amide bonds. The van der Waals surface area contributed by atoms with Crippen LogP contribution in [-0.4, -0.2) is 36.0 Å². The Labute approximate surface area is 249 Å². The molecule has 2 aromatic heterocycles. The second-order valence-electron chi connectivity index (χ2n) is 9.36. The van der Waals surface area contributed by atoms with Gasteiger partial charge in [-0.1, -0.05) is 29.8 Å². The molecule has 7 nitrogen and oxygen atoms in total. The Balaban J connectivity index is 1.76. The third-order valence-corrected chi connectivity index (χ3v) is 7.62. The highest BCUT2D eigenvalue weighted by Crippen LogP contribution is 2.41. The lowest BCUT2D eigenvalue weighted by atomic mass is 9.98. The zero-order valence-electron chi connectivity index (χ0n) is 22.3. The van der Waals surface area contributed by atoms with Crippen LogP contribution < -0.4 is 4.74 Å². The molecule has 5 rings (SSSR count). The number of alkyl halides is 5. The average molecular weight is 660 g/mol. The third kappa shape index (κ3) is 6.15. The summed E-state index contributed by atoms with van der Waals surface area (Å²) >= 11 is 5.84. The average Bonchev–Trinajstić information content (AvgIpc) is 3.52. The molecule has 16 heteroatoms. The highest BCUT2D eigenvalue weighted by molar-refractivity contribution is 7.90. The van der Waals surface area contributed by atoms with E-state index in [4.69, 9.17) is 16.0 Å². The van der Waals surface area contributed by atoms with Crippen LogP contribution in [0.1, 0.15) is 11.6 Å². The summed E-state index contributed by atoms with van der Waals surface area (Å²) in [5.41, 5.74) is -1.16. The number of halogens is 8. The highest BCUT2D eigenvalue weighted by atomic mass is 35.5. The van der Waals surface area contributed by atoms with Crippen molar-refractivity contribution < 1.29 is 48.3 Å². The van der Waals surface area contributed by atoms with E-state index in [1.165, 1.54) is 43.3 Å². The highest BCUT2D eigenvalue weighted by Gasteiger charge is 2.37. The second kappa shape index (κ2) is 11.3. The Morgan fingerprint density at radius 1 is 0.977 bits per heavy atom. The molecular formula is C28H17ClF7N3O4S. The summed E-state index contributed by atoms with van der Waals surface area (Å²) in [4.78, 5) is 4.16. The van der Waals surface area contributed by atoms with E-state index in [-0.39, 0.29) is 39.1 Å². The Hall–Kier alpha value is -4.37. The van der Waals surface area contributed by atoms with Crippen LogP contribution in [0.2, 0.25) is 5.02 Å². The Morgan fingerprint density at radius 2 is 1.64 bits per heavy atom. The predicted molar refractivity (Wildman–Crippen MR) is 144 cm³/mol. The lowest BCUT2D eigenvalue weighted by Crippen LogP contribution is -2.08. The molecule has 0 N–H and O–H groups in total. The molecule has 0 unspecified atom stereocenters. The molecule has 0 atom stereocenters. The predicted octanol–water partition coefficient (Wildman–Crippen LogP) is 8.13. The van der Waals surface area contributed by atoms with E-state index in [0.29, 0.717) is 23.3 Å². The van der Waals surface area contributed by atoms with Crippen LogP contribution in [0, 0.1) is 18.6 Å². The van der Waals surface area contributed by atoms with Gasteiger partial charge in [-0.2, -0.15) is 27.1 Å². The van der Waals surface area contributed by atoms with Gasteiger partial charge in [0.05, 0.1) is 21.8 Å². The van der Waals surface area contributed by atoms with Gasteiger partial charge in [-0.15, -0.1) is 0 Å². The molecule has 0 fully saturated rings. The zero-order valence-corrected chi connectivity index (χ0v) is 23.8. The smallest absolute Gasteiger partial charge is 0.436 e. The Morgan fingerprint density at radius 3 is 2.23 bits per heavy atom. The molecule has 5 aromatic rings. The van der Waals surface area contributed by atoms with E-state index >= 15 is 0 Å². The first-order chi connectivity index (χ1) is 20.5. The van der Waals surface area contributed by atoms with Gasteiger partial charge < -0.3 is 9.15 Å². The van der Waals surface area contributed by atoms with E-state index in [1.807, 2.05) is 0 Å². The maximum Gasteiger partial charge on any atom is 0.436 e. The van der Waals surface area contributed by atoms with Gasteiger partial charge in [-0.25, -0.2) is 26.9 Å². The summed E-state index contributed by atoms with van der Waals surface area (Å²) in [5, 5.41) is 2.85. The van der Waals surface area contributed by atoms with Crippen molar-refractivity contribution in [2.75, 3.05) is 6.26 Å². The fraction of sp³-hybridized carbons (Fsp3) is 0.143. The van der Waals surface area contributed by atoms with Crippen molar-refractivity contribution in [1.29, 1.82) is 0 Å². The minimum absolute atomic E-state index is 0.00414. The summed E-state index contributed by atoms with van der Waals surface area (Å²) in [6.45, 7) is -2.12. The van der Waals surface area contributed by atoms with Gasteiger partial charge in [-0.05, 0) is 47.5 Å². The van der Waals surface area contributed by atoms with Gasteiger partial charge >= 0.3 is 12.8 Å². The molecule has 0 bridgehead atoms. The number of nitrogens with zero attached hydrogens (tertiary/aromatic N) is 3. The molecule has 2 heterocycles. The van der Waals surface area contributed by atoms with Crippen molar-refractivity contribution in [3.05, 3.63) is 89.0 Å². The fourth-order valence-electron chi connectivity index (χ4n) is 4.38. The second-order valence-corrected chi connectivity index (χ2v) is 11.8. The molecule has 0 aliphatic rings. The van der Waals surface area contributed by atoms with Crippen LogP contribution in [-0.2, 0) is 16.0 Å². The standard InChI is InChI=1S/C28H17ClF7N3O4S/c1-13-37-23(16-10-20(30)25(21(31)11-16)43-27(32)33)24(42-13)18-9-15(14-4-3-5-17(8-14)44(2,40)41)6-7-22(18)39-12-19(29)26(38-39)28(34,35)36/h3-12,27H,1-2H3. The van der Waals surface area contributed by atoms with Crippen molar-refractivity contribution in [3.63, 3.8) is 0 Å². The number of aromatic nitrogens is 3. The number of hydrogen-bond acceptors (Lipinski definition) is 6. The van der Waals surface area contributed by atoms with E-state index in [2.05, 4.69) is 14.8 Å². The zero-order chi connectivity index (χ0) is 32.1. The molecule has 0 saturated heterocycles. The van der Waals surface area contributed by atoms with Gasteiger partial charge in [0.2, 0.25) is 0 Å². The normalized spacial score (nSPS) is 12.2. The monoisotopic (exact) mass is 659 g/mol. The van der Waals surface area contributed by atoms with Crippen molar-refractivity contribution in [2.24, 2.45) is 0 Å². The molecular weight excluding hydrogens is 643 g/mol. The SMILES string of the molecule is Cc1nc(-c2cc(F)c(OC(F)F)c(F)c2)c(-c2cc(-c3cccc(S(C)(=O)=O)c3)ccc2-n2cc(Cl)c(C(F)(F)F)n2)o1. The topological polar surface area (TPSA) is 87.2 Å².